The van der Waals surface area contributed by atoms with E-state index in [1.54, 1.807) is 6.92 Å². The summed E-state index contributed by atoms with van der Waals surface area (Å²) in [7, 11) is 0. The average Bonchev–Trinajstić information content (AvgIpc) is 2.89. The van der Waals surface area contributed by atoms with Crippen molar-refractivity contribution in [1.29, 1.82) is 0 Å². The lowest BCUT2D eigenvalue weighted by Crippen LogP contribution is -2.28. The zero-order valence-corrected chi connectivity index (χ0v) is 22.7. The number of carbonyl (C=O) groups excluding carboxylic acids is 1. The van der Waals surface area contributed by atoms with Crippen LogP contribution in [0, 0.1) is 0 Å². The molecular weight excluding hydrogens is 482 g/mol. The van der Waals surface area contributed by atoms with Crippen molar-refractivity contribution in [2.75, 3.05) is 6.54 Å². The second kappa shape index (κ2) is 13.6. The molecule has 1 aliphatic carbocycles. The number of amides is 1. The molecule has 1 saturated carbocycles. The highest BCUT2D eigenvalue weighted by Crippen LogP contribution is 2.32. The van der Waals surface area contributed by atoms with Crippen molar-refractivity contribution in [3.8, 4) is 16.9 Å². The topological polar surface area (TPSA) is 47.6 Å². The summed E-state index contributed by atoms with van der Waals surface area (Å²) < 4.78 is 12.6. The molecule has 0 aromatic heterocycles. The highest BCUT2D eigenvalue weighted by molar-refractivity contribution is 6.30. The van der Waals surface area contributed by atoms with Crippen molar-refractivity contribution in [1.82, 2.24) is 5.32 Å². The van der Waals surface area contributed by atoms with E-state index in [0.717, 1.165) is 61.3 Å². The minimum absolute atomic E-state index is 0.00130. The van der Waals surface area contributed by atoms with Gasteiger partial charge in [-0.2, -0.15) is 0 Å². The zero-order valence-electron chi connectivity index (χ0n) is 22.0. The minimum Gasteiger partial charge on any atom is -0.490 e. The summed E-state index contributed by atoms with van der Waals surface area (Å²) in [5.41, 5.74) is 6.05. The maximum absolute atomic E-state index is 11.4. The molecule has 1 amide bonds. The monoisotopic (exact) mass is 519 g/mol. The first-order valence-corrected chi connectivity index (χ1v) is 13.9. The van der Waals surface area contributed by atoms with Crippen molar-refractivity contribution in [3.63, 3.8) is 0 Å². The van der Waals surface area contributed by atoms with Gasteiger partial charge in [0.2, 0.25) is 5.91 Å². The van der Waals surface area contributed by atoms with Gasteiger partial charge >= 0.3 is 0 Å². The molecule has 4 nitrogen and oxygen atoms in total. The molecular formula is C32H38ClNO3. The molecule has 1 N–H and O–H groups in total. The van der Waals surface area contributed by atoms with Gasteiger partial charge in [-0.3, -0.25) is 4.79 Å². The van der Waals surface area contributed by atoms with Crippen LogP contribution in [0.15, 0.2) is 66.7 Å². The van der Waals surface area contributed by atoms with E-state index in [1.807, 2.05) is 18.2 Å². The number of ether oxygens (including phenoxy) is 2. The van der Waals surface area contributed by atoms with Crippen LogP contribution < -0.4 is 10.1 Å². The number of hydrogen-bond donors (Lipinski definition) is 1. The van der Waals surface area contributed by atoms with Crippen molar-refractivity contribution in [2.24, 2.45) is 0 Å². The van der Waals surface area contributed by atoms with Crippen LogP contribution in [0.25, 0.3) is 11.1 Å². The Morgan fingerprint density at radius 1 is 0.919 bits per heavy atom. The van der Waals surface area contributed by atoms with Crippen LogP contribution >= 0.6 is 11.6 Å². The van der Waals surface area contributed by atoms with Crippen LogP contribution in [0.1, 0.15) is 62.6 Å². The maximum atomic E-state index is 11.4. The van der Waals surface area contributed by atoms with Crippen molar-refractivity contribution in [3.05, 3.63) is 88.4 Å². The second-order valence-corrected chi connectivity index (χ2v) is 10.4. The second-order valence-electron chi connectivity index (χ2n) is 9.96. The molecule has 3 aromatic carbocycles. The Balaban J connectivity index is 1.39. The Kier molecular flexibility index (Phi) is 10.0. The summed E-state index contributed by atoms with van der Waals surface area (Å²) in [4.78, 5) is 11.4. The normalized spacial score (nSPS) is 17.4. The number of carbonyl (C=O) groups is 1. The van der Waals surface area contributed by atoms with Gasteiger partial charge in [-0.25, -0.2) is 0 Å². The van der Waals surface area contributed by atoms with E-state index in [9.17, 15) is 4.79 Å². The van der Waals surface area contributed by atoms with E-state index >= 15 is 0 Å². The first-order valence-electron chi connectivity index (χ1n) is 13.5. The lowest BCUT2D eigenvalue weighted by Gasteiger charge is -2.29. The Morgan fingerprint density at radius 3 is 2.43 bits per heavy atom. The van der Waals surface area contributed by atoms with Crippen LogP contribution in [-0.2, 0) is 29.0 Å². The Bertz CT molecular complexity index is 1170. The molecule has 1 fully saturated rings. The number of benzene rings is 3. The number of hydrogen-bond acceptors (Lipinski definition) is 3. The molecule has 0 aliphatic heterocycles. The fourth-order valence-electron chi connectivity index (χ4n) is 5.02. The smallest absolute Gasteiger partial charge is 0.216 e. The third kappa shape index (κ3) is 8.34. The Hall–Kier alpha value is -2.82. The highest BCUT2D eigenvalue weighted by Gasteiger charge is 2.23. The molecule has 0 heterocycles. The molecule has 0 bridgehead atoms. The van der Waals surface area contributed by atoms with Gasteiger partial charge in [0.25, 0.3) is 0 Å². The van der Waals surface area contributed by atoms with Crippen molar-refractivity contribution in [2.45, 2.75) is 77.6 Å². The van der Waals surface area contributed by atoms with Gasteiger partial charge in [0, 0.05) is 18.5 Å². The SMILES string of the molecule is CCCc1cccc(-c2cc(OC3CCC(OCc4cccc(Cl)c4)CC3)ccc2CCNC(C)=O)c1. The van der Waals surface area contributed by atoms with E-state index in [-0.39, 0.29) is 18.1 Å². The predicted octanol–water partition coefficient (Wildman–Crippen LogP) is 7.54. The third-order valence-corrected chi connectivity index (χ3v) is 7.16. The van der Waals surface area contributed by atoms with Crippen LogP contribution in [0.2, 0.25) is 5.02 Å². The van der Waals surface area contributed by atoms with Crippen molar-refractivity contribution >= 4 is 17.5 Å². The molecule has 0 spiro atoms. The maximum Gasteiger partial charge on any atom is 0.216 e. The molecule has 196 valence electrons. The van der Waals surface area contributed by atoms with Gasteiger partial charge in [0.15, 0.2) is 0 Å². The van der Waals surface area contributed by atoms with Gasteiger partial charge in [0.05, 0.1) is 18.8 Å². The number of nitrogens with one attached hydrogen (secondary N) is 1. The first kappa shape index (κ1) is 27.2. The van der Waals surface area contributed by atoms with E-state index in [1.165, 1.54) is 22.3 Å². The van der Waals surface area contributed by atoms with Crippen LogP contribution in [0.5, 0.6) is 5.75 Å². The highest BCUT2D eigenvalue weighted by atomic mass is 35.5. The van der Waals surface area contributed by atoms with Crippen LogP contribution in [0.3, 0.4) is 0 Å². The number of halogens is 1. The van der Waals surface area contributed by atoms with Crippen molar-refractivity contribution < 1.29 is 14.3 Å². The largest absolute Gasteiger partial charge is 0.490 e. The third-order valence-electron chi connectivity index (χ3n) is 6.92. The van der Waals surface area contributed by atoms with E-state index in [4.69, 9.17) is 21.1 Å². The van der Waals surface area contributed by atoms with E-state index < -0.39 is 0 Å². The molecule has 3 aromatic rings. The first-order chi connectivity index (χ1) is 18.0. The molecule has 1 aliphatic rings. The Labute approximate surface area is 226 Å². The predicted molar refractivity (Wildman–Crippen MR) is 151 cm³/mol. The standard InChI is InChI=1S/C32H38ClNO3/c1-3-6-24-7-4-9-27(19-24)32-21-31(12-11-26(32)17-18-34-23(2)35)37-30-15-13-29(14-16-30)36-22-25-8-5-10-28(33)20-25/h4-5,7-12,19-21,29-30H,3,6,13-18,22H2,1-2H3,(H,34,35). The summed E-state index contributed by atoms with van der Waals surface area (Å²) in [5, 5.41) is 3.67. The minimum atomic E-state index is -0.00130. The molecule has 0 unspecified atom stereocenters. The molecule has 4 rings (SSSR count). The van der Waals surface area contributed by atoms with Gasteiger partial charge in [-0.05, 0) is 90.6 Å². The Morgan fingerprint density at radius 2 is 1.68 bits per heavy atom. The molecule has 0 atom stereocenters. The number of aryl methyl sites for hydroxylation is 1. The molecule has 0 radical (unpaired) electrons. The van der Waals surface area contributed by atoms with Gasteiger partial charge < -0.3 is 14.8 Å². The van der Waals surface area contributed by atoms with Gasteiger partial charge in [-0.1, -0.05) is 67.4 Å². The van der Waals surface area contributed by atoms with Gasteiger partial charge in [-0.15, -0.1) is 0 Å². The molecule has 0 saturated heterocycles. The number of rotatable bonds is 11. The fraction of sp³-hybridized carbons (Fsp3) is 0.406. The lowest BCUT2D eigenvalue weighted by atomic mass is 9.94. The quantitative estimate of drug-likeness (QED) is 0.284. The van der Waals surface area contributed by atoms with Crippen LogP contribution in [0.4, 0.5) is 0 Å². The fourth-order valence-corrected chi connectivity index (χ4v) is 5.23. The lowest BCUT2D eigenvalue weighted by molar-refractivity contribution is -0.118. The summed E-state index contributed by atoms with van der Waals surface area (Å²) in [6.45, 7) is 4.98. The van der Waals surface area contributed by atoms with Gasteiger partial charge in [0.1, 0.15) is 5.75 Å². The molecule has 37 heavy (non-hydrogen) atoms. The van der Waals surface area contributed by atoms with E-state index in [0.29, 0.717) is 13.2 Å². The summed E-state index contributed by atoms with van der Waals surface area (Å²) in [5.74, 6) is 0.904. The summed E-state index contributed by atoms with van der Waals surface area (Å²) in [6.07, 6.45) is 7.35. The summed E-state index contributed by atoms with van der Waals surface area (Å²) >= 11 is 6.09. The van der Waals surface area contributed by atoms with E-state index in [2.05, 4.69) is 60.8 Å². The molecule has 5 heteroatoms. The summed E-state index contributed by atoms with van der Waals surface area (Å²) in [6, 6.07) is 23.0. The average molecular weight is 520 g/mol. The van der Waals surface area contributed by atoms with Crippen LogP contribution in [-0.4, -0.2) is 24.7 Å². The zero-order chi connectivity index (χ0) is 26.0.